The predicted molar refractivity (Wildman–Crippen MR) is 80.2 cm³/mol. The minimum absolute atomic E-state index is 0.375. The van der Waals surface area contributed by atoms with Gasteiger partial charge in [0.1, 0.15) is 5.82 Å². The maximum Gasteiger partial charge on any atom is 0.165 e. The van der Waals surface area contributed by atoms with Gasteiger partial charge < -0.3 is 10.8 Å². The molecule has 0 unspecified atom stereocenters. The van der Waals surface area contributed by atoms with Crippen molar-refractivity contribution in [2.45, 2.75) is 19.8 Å². The molecule has 0 bridgehead atoms. The van der Waals surface area contributed by atoms with Crippen LogP contribution in [0.5, 0.6) is 5.75 Å². The number of benzene rings is 1. The fourth-order valence-electron chi connectivity index (χ4n) is 1.69. The molecule has 0 saturated carbocycles. The van der Waals surface area contributed by atoms with Crippen LogP contribution in [0.15, 0.2) is 18.2 Å². The highest BCUT2D eigenvalue weighted by atomic mass is 127. The van der Waals surface area contributed by atoms with Gasteiger partial charge in [-0.15, -0.1) is 0 Å². The van der Waals surface area contributed by atoms with Crippen molar-refractivity contribution in [1.29, 1.82) is 0 Å². The van der Waals surface area contributed by atoms with Crippen molar-refractivity contribution in [2.75, 3.05) is 5.73 Å². The number of rotatable bonds is 3. The van der Waals surface area contributed by atoms with Crippen LogP contribution in [0.2, 0.25) is 0 Å². The summed E-state index contributed by atoms with van der Waals surface area (Å²) < 4.78 is 14.2. The summed E-state index contributed by atoms with van der Waals surface area (Å²) in [6.07, 6.45) is 1.73. The Labute approximate surface area is 124 Å². The molecule has 4 nitrogen and oxygen atoms in total. The Hall–Kier alpha value is -1.44. The number of aryl methyl sites for hydroxylation is 1. The van der Waals surface area contributed by atoms with Crippen molar-refractivity contribution in [2.24, 2.45) is 0 Å². The zero-order valence-electron chi connectivity index (χ0n) is 10.3. The van der Waals surface area contributed by atoms with E-state index in [1.54, 1.807) is 6.07 Å². The SMILES string of the molecule is CCCc1nc(-c2ccc(O)c(F)c2)nc(N)c1I. The van der Waals surface area contributed by atoms with Crippen molar-refractivity contribution < 1.29 is 9.50 Å². The van der Waals surface area contributed by atoms with Crippen molar-refractivity contribution in [1.82, 2.24) is 9.97 Å². The molecule has 0 aliphatic rings. The molecule has 0 fully saturated rings. The molecule has 0 amide bonds. The van der Waals surface area contributed by atoms with Gasteiger partial charge in [0.05, 0.1) is 9.26 Å². The lowest BCUT2D eigenvalue weighted by Gasteiger charge is -2.08. The number of nitrogens with zero attached hydrogens (tertiary/aromatic N) is 2. The molecule has 1 heterocycles. The molecule has 1 aromatic heterocycles. The average Bonchev–Trinajstić information content (AvgIpc) is 2.38. The summed E-state index contributed by atoms with van der Waals surface area (Å²) in [4.78, 5) is 8.58. The summed E-state index contributed by atoms with van der Waals surface area (Å²) in [5.41, 5.74) is 7.21. The van der Waals surface area contributed by atoms with E-state index in [9.17, 15) is 9.50 Å². The third-order valence-electron chi connectivity index (χ3n) is 2.64. The predicted octanol–water partition coefficient (Wildman–Crippen LogP) is 3.13. The summed E-state index contributed by atoms with van der Waals surface area (Å²) >= 11 is 2.11. The highest BCUT2D eigenvalue weighted by molar-refractivity contribution is 14.1. The molecule has 0 spiro atoms. The lowest BCUT2D eigenvalue weighted by Crippen LogP contribution is -2.05. The zero-order chi connectivity index (χ0) is 14.0. The summed E-state index contributed by atoms with van der Waals surface area (Å²) in [6.45, 7) is 2.05. The number of hydrogen-bond donors (Lipinski definition) is 2. The van der Waals surface area contributed by atoms with Gasteiger partial charge in [-0.1, -0.05) is 13.3 Å². The molecule has 2 aromatic rings. The molecule has 6 heteroatoms. The molecular formula is C13H13FIN3O. The molecule has 0 aliphatic heterocycles. The smallest absolute Gasteiger partial charge is 0.165 e. The third kappa shape index (κ3) is 2.94. The van der Waals surface area contributed by atoms with Crippen LogP contribution >= 0.6 is 22.6 Å². The molecule has 19 heavy (non-hydrogen) atoms. The Morgan fingerprint density at radius 2 is 2.11 bits per heavy atom. The van der Waals surface area contributed by atoms with Gasteiger partial charge in [0.25, 0.3) is 0 Å². The highest BCUT2D eigenvalue weighted by Crippen LogP contribution is 2.26. The van der Waals surface area contributed by atoms with E-state index >= 15 is 0 Å². The Morgan fingerprint density at radius 3 is 2.74 bits per heavy atom. The van der Waals surface area contributed by atoms with Crippen LogP contribution in [0.25, 0.3) is 11.4 Å². The number of anilines is 1. The van der Waals surface area contributed by atoms with E-state index in [1.165, 1.54) is 12.1 Å². The number of phenolic OH excluding ortho intramolecular Hbond substituents is 1. The largest absolute Gasteiger partial charge is 0.505 e. The molecule has 0 radical (unpaired) electrons. The Bertz CT molecular complexity index is 619. The fraction of sp³-hybridized carbons (Fsp3) is 0.231. The lowest BCUT2D eigenvalue weighted by molar-refractivity contribution is 0.432. The fourth-order valence-corrected chi connectivity index (χ4v) is 2.20. The molecule has 0 saturated heterocycles. The Balaban J connectivity index is 2.52. The summed E-state index contributed by atoms with van der Waals surface area (Å²) in [5, 5.41) is 9.19. The minimum Gasteiger partial charge on any atom is -0.505 e. The quantitative estimate of drug-likeness (QED) is 0.811. The van der Waals surface area contributed by atoms with Crippen molar-refractivity contribution >= 4 is 28.4 Å². The van der Waals surface area contributed by atoms with E-state index in [0.29, 0.717) is 17.2 Å². The molecular weight excluding hydrogens is 360 g/mol. The number of nitrogen functional groups attached to an aromatic ring is 1. The molecule has 0 atom stereocenters. The van der Waals surface area contributed by atoms with E-state index in [-0.39, 0.29) is 0 Å². The minimum atomic E-state index is -0.699. The molecule has 0 aliphatic carbocycles. The van der Waals surface area contributed by atoms with Crippen molar-refractivity contribution in [3.63, 3.8) is 0 Å². The van der Waals surface area contributed by atoms with Gasteiger partial charge in [0.2, 0.25) is 0 Å². The van der Waals surface area contributed by atoms with Crippen LogP contribution in [-0.2, 0) is 6.42 Å². The second-order valence-corrected chi connectivity index (χ2v) is 5.19. The molecule has 2 rings (SSSR count). The number of nitrogens with two attached hydrogens (primary N) is 1. The highest BCUT2D eigenvalue weighted by Gasteiger charge is 2.12. The van der Waals surface area contributed by atoms with Crippen LogP contribution in [0.4, 0.5) is 10.2 Å². The first-order chi connectivity index (χ1) is 9.02. The van der Waals surface area contributed by atoms with Gasteiger partial charge in [-0.05, 0) is 47.2 Å². The molecule has 3 N–H and O–H groups in total. The van der Waals surface area contributed by atoms with E-state index < -0.39 is 11.6 Å². The van der Waals surface area contributed by atoms with Gasteiger partial charge in [0.15, 0.2) is 17.4 Å². The number of halogens is 2. The molecule has 1 aromatic carbocycles. The summed E-state index contributed by atoms with van der Waals surface area (Å²) in [5.74, 6) is -0.325. The average molecular weight is 373 g/mol. The van der Waals surface area contributed by atoms with E-state index in [0.717, 1.165) is 22.1 Å². The first kappa shape index (κ1) is 14.0. The number of phenols is 1. The van der Waals surface area contributed by atoms with Gasteiger partial charge in [0, 0.05) is 5.56 Å². The topological polar surface area (TPSA) is 72.0 Å². The molecule has 100 valence electrons. The van der Waals surface area contributed by atoms with E-state index in [1.807, 2.05) is 6.92 Å². The maximum atomic E-state index is 13.4. The van der Waals surface area contributed by atoms with E-state index in [2.05, 4.69) is 32.6 Å². The van der Waals surface area contributed by atoms with Crippen LogP contribution in [0, 0.1) is 9.39 Å². The lowest BCUT2D eigenvalue weighted by atomic mass is 10.1. The van der Waals surface area contributed by atoms with Crippen LogP contribution < -0.4 is 5.73 Å². The summed E-state index contributed by atoms with van der Waals surface area (Å²) in [6, 6.07) is 4.05. The number of hydrogen-bond acceptors (Lipinski definition) is 4. The van der Waals surface area contributed by atoms with Gasteiger partial charge in [-0.25, -0.2) is 14.4 Å². The zero-order valence-corrected chi connectivity index (χ0v) is 12.5. The Kier molecular flexibility index (Phi) is 4.18. The second-order valence-electron chi connectivity index (χ2n) is 4.11. The first-order valence-electron chi connectivity index (χ1n) is 5.83. The van der Waals surface area contributed by atoms with Crippen LogP contribution in [-0.4, -0.2) is 15.1 Å². The first-order valence-corrected chi connectivity index (χ1v) is 6.91. The van der Waals surface area contributed by atoms with Gasteiger partial charge >= 0.3 is 0 Å². The number of aromatic nitrogens is 2. The normalized spacial score (nSPS) is 10.7. The number of aromatic hydroxyl groups is 1. The van der Waals surface area contributed by atoms with E-state index in [4.69, 9.17) is 5.73 Å². The monoisotopic (exact) mass is 373 g/mol. The second kappa shape index (κ2) is 5.68. The van der Waals surface area contributed by atoms with Crippen molar-refractivity contribution in [3.05, 3.63) is 33.3 Å². The van der Waals surface area contributed by atoms with Crippen LogP contribution in [0.3, 0.4) is 0 Å². The summed E-state index contributed by atoms with van der Waals surface area (Å²) in [7, 11) is 0. The maximum absolute atomic E-state index is 13.4. The third-order valence-corrected chi connectivity index (χ3v) is 3.81. The Morgan fingerprint density at radius 1 is 1.37 bits per heavy atom. The van der Waals surface area contributed by atoms with Gasteiger partial charge in [-0.2, -0.15) is 0 Å². The van der Waals surface area contributed by atoms with Crippen LogP contribution in [0.1, 0.15) is 19.0 Å². The standard InChI is InChI=1S/C13H13FIN3O/c1-2-3-9-11(15)12(16)18-13(17-9)7-4-5-10(19)8(14)6-7/h4-6,19H,2-3H2,1H3,(H2,16,17,18). The van der Waals surface area contributed by atoms with Gasteiger partial charge in [-0.3, -0.25) is 0 Å². The van der Waals surface area contributed by atoms with Crippen molar-refractivity contribution in [3.8, 4) is 17.1 Å².